The lowest BCUT2D eigenvalue weighted by Crippen LogP contribution is -2.21. The van der Waals surface area contributed by atoms with Crippen molar-refractivity contribution in [3.8, 4) is 0 Å². The monoisotopic (exact) mass is 265 g/mol. The zero-order valence-corrected chi connectivity index (χ0v) is 9.31. The molecule has 18 heavy (non-hydrogen) atoms. The maximum Gasteiger partial charge on any atom is 0.454 e. The summed E-state index contributed by atoms with van der Waals surface area (Å²) in [6, 6.07) is 0. The highest BCUT2D eigenvalue weighted by atomic mass is 19.4. The van der Waals surface area contributed by atoms with Gasteiger partial charge in [0, 0.05) is 6.08 Å². The lowest BCUT2D eigenvalue weighted by Gasteiger charge is -2.06. The van der Waals surface area contributed by atoms with Gasteiger partial charge in [-0.15, -0.1) is 5.10 Å². The van der Waals surface area contributed by atoms with E-state index in [0.29, 0.717) is 6.08 Å². The van der Waals surface area contributed by atoms with Gasteiger partial charge in [0.05, 0.1) is 19.9 Å². The molecule has 1 N–H and O–H groups in total. The Balaban J connectivity index is 2.78. The van der Waals surface area contributed by atoms with Gasteiger partial charge in [-0.25, -0.2) is 4.68 Å². The van der Waals surface area contributed by atoms with E-state index in [4.69, 9.17) is 5.11 Å². The van der Waals surface area contributed by atoms with E-state index < -0.39 is 12.0 Å². The number of carbonyl (C=O) groups is 1. The number of alkyl halides is 3. The third kappa shape index (κ3) is 3.84. The zero-order chi connectivity index (χ0) is 13.8. The number of carbonyl (C=O) groups excluding carboxylic acids is 1. The van der Waals surface area contributed by atoms with Crippen LogP contribution in [0.2, 0.25) is 0 Å². The molecule has 0 amide bonds. The predicted molar refractivity (Wildman–Crippen MR) is 52.1 cm³/mol. The first-order chi connectivity index (χ1) is 8.36. The minimum absolute atomic E-state index is 0.189. The summed E-state index contributed by atoms with van der Waals surface area (Å²) in [4.78, 5) is 10.7. The van der Waals surface area contributed by atoms with E-state index in [9.17, 15) is 18.0 Å². The Labute approximate surface area is 99.7 Å². The number of nitrogens with zero attached hydrogens (tertiary/aromatic N) is 3. The van der Waals surface area contributed by atoms with Crippen molar-refractivity contribution in [1.82, 2.24) is 15.0 Å². The summed E-state index contributed by atoms with van der Waals surface area (Å²) in [6.45, 7) is -0.529. The summed E-state index contributed by atoms with van der Waals surface area (Å²) < 4.78 is 41.9. The van der Waals surface area contributed by atoms with Crippen LogP contribution in [0.4, 0.5) is 13.2 Å². The second-order valence-corrected chi connectivity index (χ2v) is 3.24. The van der Waals surface area contributed by atoms with Gasteiger partial charge in [-0.05, 0) is 0 Å². The highest BCUT2D eigenvalue weighted by Crippen LogP contribution is 2.17. The van der Waals surface area contributed by atoms with E-state index in [0.717, 1.165) is 11.8 Å². The normalized spacial score (nSPS) is 12.6. The fourth-order valence-electron chi connectivity index (χ4n) is 1.05. The van der Waals surface area contributed by atoms with Crippen molar-refractivity contribution in [2.45, 2.75) is 19.3 Å². The highest BCUT2D eigenvalue weighted by molar-refractivity contribution is 5.94. The predicted octanol–water partition coefficient (Wildman–Crippen LogP) is 0.432. The molecular formula is C9H10F3N3O3. The third-order valence-corrected chi connectivity index (χ3v) is 1.90. The molecule has 0 unspecified atom stereocenters. The number of hydrogen-bond donors (Lipinski definition) is 1. The van der Waals surface area contributed by atoms with Gasteiger partial charge in [-0.1, -0.05) is 5.21 Å². The summed E-state index contributed by atoms with van der Waals surface area (Å²) in [6.07, 6.45) is -3.27. The molecule has 1 rings (SSSR count). The summed E-state index contributed by atoms with van der Waals surface area (Å²) in [5.74, 6) is -2.23. The van der Waals surface area contributed by atoms with Crippen LogP contribution < -0.4 is 0 Å². The molecule has 1 heterocycles. The van der Waals surface area contributed by atoms with Gasteiger partial charge in [0.2, 0.25) is 0 Å². The molecule has 0 fully saturated rings. The average molecular weight is 265 g/mol. The van der Waals surface area contributed by atoms with Crippen LogP contribution in [0.5, 0.6) is 0 Å². The first-order valence-corrected chi connectivity index (χ1v) is 4.72. The number of aliphatic hydroxyl groups is 1. The zero-order valence-electron chi connectivity index (χ0n) is 9.31. The molecule has 0 saturated carbocycles. The second kappa shape index (κ2) is 5.63. The van der Waals surface area contributed by atoms with Gasteiger partial charge in [0.25, 0.3) is 5.78 Å². The van der Waals surface area contributed by atoms with Crippen molar-refractivity contribution >= 4 is 5.78 Å². The molecule has 0 radical (unpaired) electrons. The van der Waals surface area contributed by atoms with Gasteiger partial charge in [0.15, 0.2) is 0 Å². The lowest BCUT2D eigenvalue weighted by molar-refractivity contribution is -0.165. The van der Waals surface area contributed by atoms with Gasteiger partial charge in [0.1, 0.15) is 18.0 Å². The molecule has 0 atom stereocenters. The number of allylic oxidation sites excluding steroid dienone is 2. The van der Waals surface area contributed by atoms with E-state index >= 15 is 0 Å². The Morgan fingerprint density at radius 3 is 2.72 bits per heavy atom. The number of aromatic nitrogens is 3. The number of ketones is 1. The number of aliphatic hydroxyl groups excluding tert-OH is 1. The largest absolute Gasteiger partial charge is 0.499 e. The Hall–Kier alpha value is -1.90. The maximum absolute atomic E-state index is 12.0. The van der Waals surface area contributed by atoms with E-state index in [1.54, 1.807) is 0 Å². The molecule has 0 bridgehead atoms. The SMILES string of the molecule is CO/C(=C/C(=O)C(F)(F)F)Cn1cc(CO)nn1. The van der Waals surface area contributed by atoms with E-state index in [2.05, 4.69) is 15.0 Å². The second-order valence-electron chi connectivity index (χ2n) is 3.24. The molecule has 0 aromatic carbocycles. The van der Waals surface area contributed by atoms with Gasteiger partial charge in [-0.3, -0.25) is 4.79 Å². The van der Waals surface area contributed by atoms with Crippen LogP contribution in [0, 0.1) is 0 Å². The van der Waals surface area contributed by atoms with Crippen molar-refractivity contribution in [3.63, 3.8) is 0 Å². The van der Waals surface area contributed by atoms with Crippen LogP contribution in [0.25, 0.3) is 0 Å². The number of methoxy groups -OCH3 is 1. The first-order valence-electron chi connectivity index (χ1n) is 4.72. The lowest BCUT2D eigenvalue weighted by atomic mass is 10.3. The Morgan fingerprint density at radius 2 is 2.28 bits per heavy atom. The van der Waals surface area contributed by atoms with Crippen LogP contribution in [0.1, 0.15) is 5.69 Å². The number of ether oxygens (including phenoxy) is 1. The Morgan fingerprint density at radius 1 is 1.61 bits per heavy atom. The summed E-state index contributed by atoms with van der Waals surface area (Å²) in [5, 5.41) is 15.8. The standard InChI is InChI=1S/C9H10F3N3O3/c1-18-7(2-8(17)9(10,11)12)4-15-3-6(5-16)13-14-15/h2-3,16H,4-5H2,1H3/b7-2+. The molecule has 6 nitrogen and oxygen atoms in total. The molecule has 1 aromatic heterocycles. The fourth-order valence-corrected chi connectivity index (χ4v) is 1.05. The molecule has 9 heteroatoms. The number of halogens is 3. The molecule has 0 aliphatic rings. The molecule has 0 aliphatic heterocycles. The summed E-state index contributed by atoms with van der Waals surface area (Å²) >= 11 is 0. The minimum atomic E-state index is -4.94. The minimum Gasteiger partial charge on any atom is -0.499 e. The fraction of sp³-hybridized carbons (Fsp3) is 0.444. The smallest absolute Gasteiger partial charge is 0.454 e. The quantitative estimate of drug-likeness (QED) is 0.617. The van der Waals surface area contributed by atoms with Crippen molar-refractivity contribution in [2.24, 2.45) is 0 Å². The van der Waals surface area contributed by atoms with Crippen LogP contribution in [0.15, 0.2) is 18.0 Å². The van der Waals surface area contributed by atoms with Crippen LogP contribution >= 0.6 is 0 Å². The topological polar surface area (TPSA) is 77.2 Å². The summed E-state index contributed by atoms with van der Waals surface area (Å²) in [7, 11) is 1.14. The Kier molecular flexibility index (Phi) is 4.43. The van der Waals surface area contributed by atoms with Gasteiger partial charge < -0.3 is 9.84 Å². The first kappa shape index (κ1) is 14.2. The van der Waals surface area contributed by atoms with Crippen LogP contribution in [0.3, 0.4) is 0 Å². The van der Waals surface area contributed by atoms with E-state index in [-0.39, 0.29) is 24.6 Å². The van der Waals surface area contributed by atoms with Gasteiger partial charge >= 0.3 is 6.18 Å². The molecule has 100 valence electrons. The van der Waals surface area contributed by atoms with Crippen molar-refractivity contribution in [3.05, 3.63) is 23.7 Å². The highest BCUT2D eigenvalue weighted by Gasteiger charge is 2.37. The number of hydrogen-bond acceptors (Lipinski definition) is 5. The molecule has 0 aliphatic carbocycles. The van der Waals surface area contributed by atoms with Crippen molar-refractivity contribution in [1.29, 1.82) is 0 Å². The third-order valence-electron chi connectivity index (χ3n) is 1.90. The molecule has 0 saturated heterocycles. The van der Waals surface area contributed by atoms with Crippen molar-refractivity contribution < 1.29 is 27.8 Å². The van der Waals surface area contributed by atoms with Crippen LogP contribution in [-0.2, 0) is 22.7 Å². The number of rotatable bonds is 5. The Bertz CT molecular complexity index is 453. The maximum atomic E-state index is 12.0. The molecule has 0 spiro atoms. The van der Waals surface area contributed by atoms with Crippen LogP contribution in [-0.4, -0.2) is 39.2 Å². The molecule has 1 aromatic rings. The van der Waals surface area contributed by atoms with Crippen molar-refractivity contribution in [2.75, 3.05) is 7.11 Å². The van der Waals surface area contributed by atoms with E-state index in [1.165, 1.54) is 6.20 Å². The average Bonchev–Trinajstić information content (AvgIpc) is 2.74. The summed E-state index contributed by atoms with van der Waals surface area (Å²) in [5.41, 5.74) is 0.257. The van der Waals surface area contributed by atoms with E-state index in [1.807, 2.05) is 0 Å². The van der Waals surface area contributed by atoms with Gasteiger partial charge in [-0.2, -0.15) is 13.2 Å². The molecular weight excluding hydrogens is 255 g/mol.